The molecular formula is C25H20N6O. The van der Waals surface area contributed by atoms with Crippen molar-refractivity contribution in [1.82, 2.24) is 19.4 Å². The number of carbonyl (C=O) groups excluding carboxylic acids is 1. The second-order valence-corrected chi connectivity index (χ2v) is 8.06. The first kappa shape index (κ1) is 18.6. The van der Waals surface area contributed by atoms with Gasteiger partial charge in [0, 0.05) is 49.5 Å². The molecular weight excluding hydrogens is 400 g/mol. The van der Waals surface area contributed by atoms with Gasteiger partial charge in [-0.3, -0.25) is 9.36 Å². The fourth-order valence-corrected chi connectivity index (χ4v) is 4.57. The third-order valence-corrected chi connectivity index (χ3v) is 6.16. The third-order valence-electron chi connectivity index (χ3n) is 6.16. The van der Waals surface area contributed by atoms with E-state index in [1.54, 1.807) is 0 Å². The molecule has 0 radical (unpaired) electrons. The minimum atomic E-state index is 0.0972. The van der Waals surface area contributed by atoms with Crippen LogP contribution in [0.5, 0.6) is 0 Å². The van der Waals surface area contributed by atoms with E-state index in [1.807, 2.05) is 47.6 Å². The first-order valence-electron chi connectivity index (χ1n) is 10.6. The molecule has 0 aliphatic carbocycles. The minimum Gasteiger partial charge on any atom is -0.340 e. The van der Waals surface area contributed by atoms with Crippen LogP contribution in [-0.4, -0.2) is 39.7 Å². The van der Waals surface area contributed by atoms with Gasteiger partial charge in [-0.2, -0.15) is 0 Å². The summed E-state index contributed by atoms with van der Waals surface area (Å²) in [6, 6.07) is 16.0. The number of carbonyl (C=O) groups is 1. The summed E-state index contributed by atoms with van der Waals surface area (Å²) in [7, 11) is 0. The summed E-state index contributed by atoms with van der Waals surface area (Å²) < 4.78 is 4.33. The van der Waals surface area contributed by atoms with Crippen molar-refractivity contribution >= 4 is 17.3 Å². The van der Waals surface area contributed by atoms with E-state index in [2.05, 4.69) is 48.7 Å². The molecule has 0 unspecified atom stereocenters. The molecule has 1 N–H and O–H groups in total. The Hall–Kier alpha value is -4.15. The molecule has 6 rings (SSSR count). The minimum absolute atomic E-state index is 0.0972. The van der Waals surface area contributed by atoms with Gasteiger partial charge in [-0.05, 0) is 35.4 Å². The molecule has 4 aromatic rings. The van der Waals surface area contributed by atoms with E-state index in [1.165, 1.54) is 0 Å². The Labute approximate surface area is 185 Å². The molecule has 156 valence electrons. The van der Waals surface area contributed by atoms with Crippen LogP contribution in [0.4, 0.5) is 11.4 Å². The monoisotopic (exact) mass is 420 g/mol. The van der Waals surface area contributed by atoms with Crippen LogP contribution in [0.15, 0.2) is 67.1 Å². The van der Waals surface area contributed by atoms with Crippen LogP contribution in [0, 0.1) is 6.57 Å². The molecule has 2 aliphatic rings. The number of rotatable bonds is 2. The van der Waals surface area contributed by atoms with Crippen molar-refractivity contribution in [2.24, 2.45) is 0 Å². The van der Waals surface area contributed by atoms with E-state index in [0.29, 0.717) is 25.3 Å². The second-order valence-electron chi connectivity index (χ2n) is 8.06. The SMILES string of the molecule is [C-]#[N+]c1ccc(-c2cc3n(c2)Cc2cc(N4CCNCC4=O)ccc2-n2ccnc2-3)cc1. The van der Waals surface area contributed by atoms with Crippen molar-refractivity contribution in [2.45, 2.75) is 6.54 Å². The number of amides is 1. The van der Waals surface area contributed by atoms with Crippen LogP contribution in [0.2, 0.25) is 0 Å². The first-order chi connectivity index (χ1) is 15.7. The molecule has 4 heterocycles. The average molecular weight is 420 g/mol. The van der Waals surface area contributed by atoms with Crippen LogP contribution in [0.3, 0.4) is 0 Å². The number of hydrogen-bond acceptors (Lipinski definition) is 3. The lowest BCUT2D eigenvalue weighted by Crippen LogP contribution is -2.48. The van der Waals surface area contributed by atoms with E-state index >= 15 is 0 Å². The summed E-state index contributed by atoms with van der Waals surface area (Å²) in [6.45, 7) is 9.70. The number of anilines is 1. The molecule has 0 saturated carbocycles. The molecule has 32 heavy (non-hydrogen) atoms. The molecule has 0 atom stereocenters. The summed E-state index contributed by atoms with van der Waals surface area (Å²) in [5.74, 6) is 0.985. The number of aromatic nitrogens is 3. The number of piperazine rings is 1. The number of benzene rings is 2. The zero-order valence-corrected chi connectivity index (χ0v) is 17.3. The number of hydrogen-bond donors (Lipinski definition) is 1. The molecule has 1 amide bonds. The topological polar surface area (TPSA) is 59.4 Å². The number of nitrogens with zero attached hydrogens (tertiary/aromatic N) is 5. The Balaban J connectivity index is 1.45. The van der Waals surface area contributed by atoms with E-state index < -0.39 is 0 Å². The highest BCUT2D eigenvalue weighted by Crippen LogP contribution is 2.35. The lowest BCUT2D eigenvalue weighted by Gasteiger charge is -2.28. The molecule has 7 heteroatoms. The molecule has 0 spiro atoms. The number of nitrogens with one attached hydrogen (secondary N) is 1. The molecule has 1 fully saturated rings. The van der Waals surface area contributed by atoms with Crippen molar-refractivity contribution in [3.8, 4) is 28.3 Å². The standard InChI is InChI=1S/C25H20N6O/c1-26-20-4-2-17(3-5-20)18-13-23-25-28-9-11-31(25)22-7-6-21(12-19(22)16-29(23)15-18)30-10-8-27-14-24(30)32/h2-7,9,11-13,15,27H,8,10,14,16H2. The van der Waals surface area contributed by atoms with Gasteiger partial charge in [-0.15, -0.1) is 0 Å². The van der Waals surface area contributed by atoms with Crippen LogP contribution in [0.1, 0.15) is 5.56 Å². The van der Waals surface area contributed by atoms with E-state index in [-0.39, 0.29) is 5.91 Å². The van der Waals surface area contributed by atoms with Gasteiger partial charge in [0.25, 0.3) is 0 Å². The third kappa shape index (κ3) is 2.93. The van der Waals surface area contributed by atoms with E-state index in [4.69, 9.17) is 6.57 Å². The Morgan fingerprint density at radius 1 is 1.06 bits per heavy atom. The Kier molecular flexibility index (Phi) is 4.20. The van der Waals surface area contributed by atoms with E-state index in [9.17, 15) is 4.79 Å². The van der Waals surface area contributed by atoms with Crippen molar-refractivity contribution in [1.29, 1.82) is 0 Å². The van der Waals surface area contributed by atoms with Crippen molar-refractivity contribution < 1.29 is 4.79 Å². The highest BCUT2D eigenvalue weighted by molar-refractivity contribution is 5.95. The Bertz CT molecular complexity index is 1390. The quantitative estimate of drug-likeness (QED) is 0.441. The Morgan fingerprint density at radius 2 is 1.94 bits per heavy atom. The molecule has 1 saturated heterocycles. The second kappa shape index (κ2) is 7.22. The van der Waals surface area contributed by atoms with Crippen LogP contribution in [-0.2, 0) is 11.3 Å². The molecule has 2 aromatic carbocycles. The van der Waals surface area contributed by atoms with Gasteiger partial charge in [-0.25, -0.2) is 9.83 Å². The Morgan fingerprint density at radius 3 is 2.75 bits per heavy atom. The van der Waals surface area contributed by atoms with Gasteiger partial charge in [0.15, 0.2) is 11.5 Å². The first-order valence-corrected chi connectivity index (χ1v) is 10.6. The molecule has 7 nitrogen and oxygen atoms in total. The van der Waals surface area contributed by atoms with E-state index in [0.717, 1.165) is 46.1 Å². The zero-order chi connectivity index (χ0) is 21.7. The summed E-state index contributed by atoms with van der Waals surface area (Å²) in [5, 5.41) is 3.13. The maximum atomic E-state index is 12.4. The van der Waals surface area contributed by atoms with Gasteiger partial charge in [0.1, 0.15) is 0 Å². The smallest absolute Gasteiger partial charge is 0.240 e. The van der Waals surface area contributed by atoms with Crippen molar-refractivity contribution in [3.05, 3.63) is 84.1 Å². The van der Waals surface area contributed by atoms with Gasteiger partial charge in [-0.1, -0.05) is 24.3 Å². The van der Waals surface area contributed by atoms with Crippen LogP contribution < -0.4 is 10.2 Å². The van der Waals surface area contributed by atoms with Crippen LogP contribution in [0.25, 0.3) is 33.2 Å². The maximum Gasteiger partial charge on any atom is 0.240 e. The van der Waals surface area contributed by atoms with Gasteiger partial charge in [0.2, 0.25) is 5.91 Å². The van der Waals surface area contributed by atoms with Gasteiger partial charge in [0.05, 0.1) is 24.5 Å². The largest absolute Gasteiger partial charge is 0.340 e. The average Bonchev–Trinajstić information content (AvgIpc) is 3.44. The fourth-order valence-electron chi connectivity index (χ4n) is 4.57. The summed E-state index contributed by atoms with van der Waals surface area (Å²) in [4.78, 5) is 22.4. The summed E-state index contributed by atoms with van der Waals surface area (Å²) >= 11 is 0. The normalized spacial score (nSPS) is 14.8. The van der Waals surface area contributed by atoms with Crippen molar-refractivity contribution in [2.75, 3.05) is 24.5 Å². The van der Waals surface area contributed by atoms with Gasteiger partial charge < -0.3 is 14.8 Å². The molecule has 2 aromatic heterocycles. The highest BCUT2D eigenvalue weighted by atomic mass is 16.2. The van der Waals surface area contributed by atoms with Gasteiger partial charge >= 0.3 is 0 Å². The van der Waals surface area contributed by atoms with Crippen LogP contribution >= 0.6 is 0 Å². The predicted octanol–water partition coefficient (Wildman–Crippen LogP) is 3.86. The predicted molar refractivity (Wildman–Crippen MR) is 123 cm³/mol. The van der Waals surface area contributed by atoms with Crippen molar-refractivity contribution in [3.63, 3.8) is 0 Å². The highest BCUT2D eigenvalue weighted by Gasteiger charge is 2.24. The lowest BCUT2D eigenvalue weighted by molar-refractivity contribution is -0.118. The number of fused-ring (bicyclic) bond motifs is 5. The summed E-state index contributed by atoms with van der Waals surface area (Å²) in [6.07, 6.45) is 5.94. The molecule has 2 aliphatic heterocycles. The summed E-state index contributed by atoms with van der Waals surface area (Å²) in [5.41, 5.74) is 6.97. The number of imidazole rings is 1. The maximum absolute atomic E-state index is 12.4. The zero-order valence-electron chi connectivity index (χ0n) is 17.3. The molecule has 0 bridgehead atoms. The lowest BCUT2D eigenvalue weighted by atomic mass is 10.1. The fraction of sp³-hybridized carbons (Fsp3) is 0.160.